The molecule has 4 fully saturated rings. The molecule has 4 aliphatic carbocycles. The van der Waals surface area contributed by atoms with Gasteiger partial charge in [0, 0.05) is 11.1 Å². The van der Waals surface area contributed by atoms with Crippen LogP contribution in [0.3, 0.4) is 0 Å². The van der Waals surface area contributed by atoms with Crippen molar-refractivity contribution in [3.8, 4) is 0 Å². The summed E-state index contributed by atoms with van der Waals surface area (Å²) in [4.78, 5) is 25.1. The van der Waals surface area contributed by atoms with E-state index in [0.29, 0.717) is 23.9 Å². The predicted molar refractivity (Wildman–Crippen MR) is 128 cm³/mol. The summed E-state index contributed by atoms with van der Waals surface area (Å²) < 4.78 is 1.59. The average Bonchev–Trinajstić information content (AvgIpc) is 2.75. The van der Waals surface area contributed by atoms with E-state index in [0.717, 1.165) is 48.6 Å². The number of carboxylic acids is 1. The summed E-state index contributed by atoms with van der Waals surface area (Å²) in [5.41, 5.74) is 0.388. The Hall–Kier alpha value is -2.86. The predicted octanol–water partition coefficient (Wildman–Crippen LogP) is 5.56. The number of nitrogens with one attached hydrogen (secondary N) is 1. The molecule has 2 N–H and O–H groups in total. The second-order valence-corrected chi connectivity index (χ2v) is 10.9. The number of benzene rings is 2. The van der Waals surface area contributed by atoms with Crippen LogP contribution < -0.4 is 10.9 Å². The minimum absolute atomic E-state index is 0.126. The van der Waals surface area contributed by atoms with Crippen LogP contribution in [0.5, 0.6) is 0 Å². The molecule has 0 saturated heterocycles. The van der Waals surface area contributed by atoms with Crippen LogP contribution in [0.2, 0.25) is 5.02 Å². The van der Waals surface area contributed by atoms with Gasteiger partial charge in [-0.3, -0.25) is 9.59 Å². The smallest absolute Gasteiger partial charge is 0.303 e. The number of hydrogen-bond donors (Lipinski definition) is 2. The maximum Gasteiger partial charge on any atom is 0.303 e. The molecule has 0 aliphatic heterocycles. The Morgan fingerprint density at radius 1 is 1.09 bits per heavy atom. The van der Waals surface area contributed by atoms with Gasteiger partial charge in [0.25, 0.3) is 5.56 Å². The van der Waals surface area contributed by atoms with Crippen LogP contribution >= 0.6 is 11.6 Å². The number of anilines is 2. The summed E-state index contributed by atoms with van der Waals surface area (Å²) in [7, 11) is 0. The third-order valence-electron chi connectivity index (χ3n) is 8.10. The first-order valence-electron chi connectivity index (χ1n) is 11.6. The van der Waals surface area contributed by atoms with Gasteiger partial charge < -0.3 is 10.4 Å². The van der Waals surface area contributed by atoms with Gasteiger partial charge in [0.15, 0.2) is 0 Å². The van der Waals surface area contributed by atoms with Gasteiger partial charge in [-0.25, -0.2) is 4.68 Å². The van der Waals surface area contributed by atoms with Crippen molar-refractivity contribution in [2.75, 3.05) is 5.32 Å². The molecule has 7 heteroatoms. The number of aliphatic carboxylic acids is 1. The van der Waals surface area contributed by atoms with Crippen LogP contribution in [-0.4, -0.2) is 20.9 Å². The Bertz CT molecular complexity index is 1310. The summed E-state index contributed by atoms with van der Waals surface area (Å²) in [6.07, 6.45) is 7.29. The van der Waals surface area contributed by atoms with Crippen molar-refractivity contribution in [3.63, 3.8) is 0 Å². The fourth-order valence-corrected chi connectivity index (χ4v) is 7.69. The minimum atomic E-state index is -0.750. The zero-order valence-electron chi connectivity index (χ0n) is 18.3. The second kappa shape index (κ2) is 7.32. The van der Waals surface area contributed by atoms with Crippen molar-refractivity contribution in [1.29, 1.82) is 0 Å². The third-order valence-corrected chi connectivity index (χ3v) is 8.47. The molecule has 0 unspecified atom stereocenters. The van der Waals surface area contributed by atoms with Crippen molar-refractivity contribution >= 4 is 39.7 Å². The molecule has 6 nitrogen and oxygen atoms in total. The maximum atomic E-state index is 13.5. The Balaban J connectivity index is 1.37. The lowest BCUT2D eigenvalue weighted by molar-refractivity contribution is -0.151. The number of fused-ring (bicyclic) bond motifs is 1. The molecule has 4 saturated carbocycles. The van der Waals surface area contributed by atoms with Crippen LogP contribution in [0.1, 0.15) is 44.9 Å². The molecule has 1 heterocycles. The van der Waals surface area contributed by atoms with Crippen LogP contribution in [-0.2, 0) is 10.3 Å². The largest absolute Gasteiger partial charge is 0.481 e. The average molecular weight is 464 g/mol. The molecular formula is C26H26ClN3O3. The van der Waals surface area contributed by atoms with Crippen LogP contribution in [0.25, 0.3) is 10.8 Å². The Labute approximate surface area is 196 Å². The minimum Gasteiger partial charge on any atom is -0.481 e. The number of nitrogens with zero attached hydrogens (tertiary/aromatic N) is 2. The number of aromatic nitrogens is 2. The van der Waals surface area contributed by atoms with Crippen molar-refractivity contribution in [2.45, 2.75) is 50.5 Å². The lowest BCUT2D eigenvalue weighted by Crippen LogP contribution is -2.59. The number of hydrogen-bond acceptors (Lipinski definition) is 4. The van der Waals surface area contributed by atoms with Gasteiger partial charge in [0.2, 0.25) is 0 Å². The number of carboxylic acid groups (broad SMARTS) is 1. The Morgan fingerprint density at radius 2 is 1.82 bits per heavy atom. The SMILES string of the molecule is O=C(O)CC12C[C@H]3C[C@H](C1)CC(n1ncc(Nc4cccc5ccccc45)c(Cl)c1=O)(C3)C2. The molecule has 0 radical (unpaired) electrons. The quantitative estimate of drug-likeness (QED) is 0.517. The fourth-order valence-electron chi connectivity index (χ4n) is 7.51. The monoisotopic (exact) mass is 463 g/mol. The van der Waals surface area contributed by atoms with Crippen molar-refractivity contribution < 1.29 is 9.90 Å². The number of rotatable bonds is 5. The highest BCUT2D eigenvalue weighted by Crippen LogP contribution is 2.65. The molecule has 2 atom stereocenters. The van der Waals surface area contributed by atoms with Crippen LogP contribution in [0.4, 0.5) is 11.4 Å². The van der Waals surface area contributed by atoms with Crippen molar-refractivity contribution in [1.82, 2.24) is 9.78 Å². The summed E-state index contributed by atoms with van der Waals surface area (Å²) >= 11 is 6.63. The lowest BCUT2D eigenvalue weighted by Gasteiger charge is -2.61. The Kier molecular flexibility index (Phi) is 4.60. The first-order chi connectivity index (χ1) is 15.9. The van der Waals surface area contributed by atoms with Crippen molar-refractivity contribution in [2.24, 2.45) is 17.3 Å². The highest BCUT2D eigenvalue weighted by Gasteiger charge is 2.59. The first kappa shape index (κ1) is 20.7. The van der Waals surface area contributed by atoms with Gasteiger partial charge in [0.1, 0.15) is 5.02 Å². The van der Waals surface area contributed by atoms with E-state index in [-0.39, 0.29) is 22.4 Å². The Morgan fingerprint density at radius 3 is 2.58 bits per heavy atom. The molecule has 170 valence electrons. The zero-order valence-corrected chi connectivity index (χ0v) is 19.0. The van der Waals surface area contributed by atoms with E-state index in [4.69, 9.17) is 11.6 Å². The fraction of sp³-hybridized carbons (Fsp3) is 0.423. The van der Waals surface area contributed by atoms with Crippen molar-refractivity contribution in [3.05, 3.63) is 64.0 Å². The summed E-state index contributed by atoms with van der Waals surface area (Å²) in [5.74, 6) is 0.151. The normalized spacial score (nSPS) is 30.0. The van der Waals surface area contributed by atoms with Crippen LogP contribution in [0.15, 0.2) is 53.5 Å². The summed E-state index contributed by atoms with van der Waals surface area (Å²) in [6.45, 7) is 0. The highest BCUT2D eigenvalue weighted by molar-refractivity contribution is 6.33. The van der Waals surface area contributed by atoms with E-state index < -0.39 is 11.5 Å². The first-order valence-corrected chi connectivity index (χ1v) is 12.0. The van der Waals surface area contributed by atoms with Gasteiger partial charge in [0.05, 0.1) is 23.8 Å². The molecule has 1 aromatic heterocycles. The zero-order chi connectivity index (χ0) is 22.8. The summed E-state index contributed by atoms with van der Waals surface area (Å²) in [6, 6.07) is 14.0. The molecule has 4 aliphatic rings. The second-order valence-electron chi connectivity index (χ2n) is 10.5. The molecule has 0 amide bonds. The molecular weight excluding hydrogens is 438 g/mol. The van der Waals surface area contributed by atoms with E-state index in [1.165, 1.54) is 0 Å². The molecule has 7 rings (SSSR count). The molecule has 3 aromatic rings. The van der Waals surface area contributed by atoms with Gasteiger partial charge in [-0.05, 0) is 67.2 Å². The van der Waals surface area contributed by atoms with E-state index >= 15 is 0 Å². The maximum absolute atomic E-state index is 13.5. The molecule has 2 aromatic carbocycles. The van der Waals surface area contributed by atoms with E-state index in [1.807, 2.05) is 42.5 Å². The van der Waals surface area contributed by atoms with E-state index in [1.54, 1.807) is 10.9 Å². The van der Waals surface area contributed by atoms with Gasteiger partial charge >= 0.3 is 5.97 Å². The van der Waals surface area contributed by atoms with Gasteiger partial charge in [-0.15, -0.1) is 0 Å². The molecule has 33 heavy (non-hydrogen) atoms. The number of carbonyl (C=O) groups is 1. The van der Waals surface area contributed by atoms with Gasteiger partial charge in [-0.2, -0.15) is 5.10 Å². The molecule has 4 bridgehead atoms. The van der Waals surface area contributed by atoms with E-state index in [9.17, 15) is 14.7 Å². The summed E-state index contributed by atoms with van der Waals surface area (Å²) in [5, 5.41) is 19.8. The van der Waals surface area contributed by atoms with Crippen LogP contribution in [0, 0.1) is 17.3 Å². The lowest BCUT2D eigenvalue weighted by atomic mass is 9.46. The topological polar surface area (TPSA) is 84.2 Å². The van der Waals surface area contributed by atoms with E-state index in [2.05, 4.69) is 10.4 Å². The molecule has 0 spiro atoms. The standard InChI is InChI=1S/C26H26ClN3O3/c27-23-21(29-20-7-3-5-18-4-1-2-6-19(18)20)14-28-30(24(23)33)26-11-16-8-17(12-26)10-25(9-16,15-26)13-22(31)32/h1-7,14,16-17,29H,8-13,15H2,(H,31,32)/t16-,17-,25?,26?/m1/s1. The van der Waals surface area contributed by atoms with Gasteiger partial charge in [-0.1, -0.05) is 48.0 Å². The highest BCUT2D eigenvalue weighted by atomic mass is 35.5. The third kappa shape index (κ3) is 3.34. The number of halogens is 1.